The van der Waals surface area contributed by atoms with Crippen molar-refractivity contribution in [1.82, 2.24) is 4.31 Å². The third-order valence-electron chi connectivity index (χ3n) is 4.79. The number of nitrogens with zero attached hydrogens (tertiary/aromatic N) is 1. The number of carbonyl (C=O) groups is 1. The van der Waals surface area contributed by atoms with Crippen LogP contribution < -0.4 is 10.1 Å². The summed E-state index contributed by atoms with van der Waals surface area (Å²) in [6, 6.07) is 19.0. The summed E-state index contributed by atoms with van der Waals surface area (Å²) in [5.41, 5.74) is 3.39. The van der Waals surface area contributed by atoms with Crippen LogP contribution in [-0.2, 0) is 21.4 Å². The fraction of sp³-hybridized carbons (Fsp3) is 0.208. The molecule has 3 aromatic carbocycles. The van der Waals surface area contributed by atoms with Crippen molar-refractivity contribution in [2.75, 3.05) is 19.0 Å². The number of carbonyl (C=O) groups excluding carboxylic acids is 1. The number of anilines is 1. The van der Waals surface area contributed by atoms with E-state index in [9.17, 15) is 13.2 Å². The van der Waals surface area contributed by atoms with Crippen LogP contribution in [0.15, 0.2) is 71.6 Å². The van der Waals surface area contributed by atoms with Crippen LogP contribution in [0.3, 0.4) is 0 Å². The average Bonchev–Trinajstić information content (AvgIpc) is 2.73. The first-order chi connectivity index (χ1) is 15.2. The molecule has 0 bridgehead atoms. The molecule has 1 amide bonds. The number of benzene rings is 3. The summed E-state index contributed by atoms with van der Waals surface area (Å²) in [6.07, 6.45) is 0. The molecule has 0 saturated heterocycles. The lowest BCUT2D eigenvalue weighted by atomic mass is 10.1. The van der Waals surface area contributed by atoms with E-state index in [-0.39, 0.29) is 23.0 Å². The first kappa shape index (κ1) is 23.8. The van der Waals surface area contributed by atoms with Gasteiger partial charge < -0.3 is 10.1 Å². The maximum Gasteiger partial charge on any atom is 0.243 e. The zero-order valence-electron chi connectivity index (χ0n) is 18.1. The van der Waals surface area contributed by atoms with Crippen molar-refractivity contribution in [3.63, 3.8) is 0 Å². The fourth-order valence-electron chi connectivity index (χ4n) is 3.38. The van der Waals surface area contributed by atoms with Crippen LogP contribution in [0.2, 0.25) is 5.02 Å². The van der Waals surface area contributed by atoms with Gasteiger partial charge in [0.2, 0.25) is 15.9 Å². The first-order valence-corrected chi connectivity index (χ1v) is 11.8. The third-order valence-corrected chi connectivity index (χ3v) is 6.87. The zero-order chi connectivity index (χ0) is 23.3. The lowest BCUT2D eigenvalue weighted by Gasteiger charge is -2.22. The predicted octanol–water partition coefficient (Wildman–Crippen LogP) is 4.80. The molecule has 0 aromatic heterocycles. The van der Waals surface area contributed by atoms with Crippen molar-refractivity contribution in [2.45, 2.75) is 25.3 Å². The van der Waals surface area contributed by atoms with Crippen molar-refractivity contribution in [1.29, 1.82) is 0 Å². The fourth-order valence-corrected chi connectivity index (χ4v) is 5.11. The highest BCUT2D eigenvalue weighted by Gasteiger charge is 2.28. The average molecular weight is 473 g/mol. The molecule has 0 radical (unpaired) electrons. The van der Waals surface area contributed by atoms with Crippen molar-refractivity contribution < 1.29 is 17.9 Å². The van der Waals surface area contributed by atoms with Gasteiger partial charge in [-0.3, -0.25) is 4.79 Å². The van der Waals surface area contributed by atoms with E-state index in [1.54, 1.807) is 0 Å². The van der Waals surface area contributed by atoms with E-state index < -0.39 is 15.9 Å². The van der Waals surface area contributed by atoms with Gasteiger partial charge in [0.1, 0.15) is 5.75 Å². The Morgan fingerprint density at radius 1 is 1.00 bits per heavy atom. The van der Waals surface area contributed by atoms with Crippen LogP contribution in [0.5, 0.6) is 5.75 Å². The minimum Gasteiger partial charge on any atom is -0.495 e. The smallest absolute Gasteiger partial charge is 0.243 e. The van der Waals surface area contributed by atoms with Crippen molar-refractivity contribution >= 4 is 33.2 Å². The molecule has 3 aromatic rings. The predicted molar refractivity (Wildman–Crippen MR) is 127 cm³/mol. The Balaban J connectivity index is 1.90. The van der Waals surface area contributed by atoms with Gasteiger partial charge in [-0.1, -0.05) is 48.0 Å². The SMILES string of the molecule is COc1ccc(S(=O)(=O)N(CC(=O)Nc2cc(C)cc(C)c2)Cc2ccccc2)cc1Cl. The quantitative estimate of drug-likeness (QED) is 0.511. The molecular formula is C24H25ClN2O4S. The molecule has 0 fully saturated rings. The van der Waals surface area contributed by atoms with Crippen molar-refractivity contribution in [3.8, 4) is 5.75 Å². The van der Waals surface area contributed by atoms with Crippen LogP contribution in [0.4, 0.5) is 5.69 Å². The maximum atomic E-state index is 13.4. The molecule has 0 aliphatic heterocycles. The Labute approximate surface area is 193 Å². The van der Waals surface area contributed by atoms with Gasteiger partial charge in [0.25, 0.3) is 0 Å². The number of hydrogen-bond acceptors (Lipinski definition) is 4. The van der Waals surface area contributed by atoms with E-state index in [1.165, 1.54) is 25.3 Å². The van der Waals surface area contributed by atoms with Crippen LogP contribution >= 0.6 is 11.6 Å². The van der Waals surface area contributed by atoms with Crippen LogP contribution in [-0.4, -0.2) is 32.3 Å². The Kier molecular flexibility index (Phi) is 7.56. The van der Waals surface area contributed by atoms with E-state index in [0.717, 1.165) is 21.0 Å². The van der Waals surface area contributed by atoms with E-state index >= 15 is 0 Å². The minimum atomic E-state index is -4.02. The molecule has 0 heterocycles. The second kappa shape index (κ2) is 10.2. The molecule has 0 aliphatic carbocycles. The molecular weight excluding hydrogens is 448 g/mol. The standard InChI is InChI=1S/C24H25ClN2O4S/c1-17-11-18(2)13-20(12-17)26-24(28)16-27(15-19-7-5-4-6-8-19)32(29,30)21-9-10-23(31-3)22(25)14-21/h4-14H,15-16H2,1-3H3,(H,26,28). The van der Waals surface area contributed by atoms with Crippen LogP contribution in [0.25, 0.3) is 0 Å². The summed E-state index contributed by atoms with van der Waals surface area (Å²) in [6.45, 7) is 3.55. The summed E-state index contributed by atoms with van der Waals surface area (Å²) in [5, 5.41) is 2.98. The Morgan fingerprint density at radius 3 is 2.25 bits per heavy atom. The Hall–Kier alpha value is -2.87. The molecule has 3 rings (SSSR count). The highest BCUT2D eigenvalue weighted by molar-refractivity contribution is 7.89. The molecule has 8 heteroatoms. The number of hydrogen-bond donors (Lipinski definition) is 1. The number of rotatable bonds is 8. The van der Waals surface area contributed by atoms with E-state index in [4.69, 9.17) is 16.3 Å². The number of amides is 1. The number of ether oxygens (including phenoxy) is 1. The molecule has 0 saturated carbocycles. The molecule has 0 atom stereocenters. The molecule has 32 heavy (non-hydrogen) atoms. The number of aryl methyl sites for hydroxylation is 2. The molecule has 6 nitrogen and oxygen atoms in total. The highest BCUT2D eigenvalue weighted by atomic mass is 35.5. The van der Waals surface area contributed by atoms with Gasteiger partial charge in [0.05, 0.1) is 23.6 Å². The molecule has 168 valence electrons. The third kappa shape index (κ3) is 5.88. The maximum absolute atomic E-state index is 13.4. The van der Waals surface area contributed by atoms with Gasteiger partial charge in [-0.25, -0.2) is 8.42 Å². The van der Waals surface area contributed by atoms with E-state index in [2.05, 4.69) is 5.32 Å². The van der Waals surface area contributed by atoms with Gasteiger partial charge in [-0.05, 0) is 60.9 Å². The summed E-state index contributed by atoms with van der Waals surface area (Å²) in [7, 11) is -2.57. The summed E-state index contributed by atoms with van der Waals surface area (Å²) < 4.78 is 33.1. The molecule has 0 spiro atoms. The largest absolute Gasteiger partial charge is 0.495 e. The Morgan fingerprint density at radius 2 is 1.66 bits per heavy atom. The van der Waals surface area contributed by atoms with E-state index in [0.29, 0.717) is 11.4 Å². The van der Waals surface area contributed by atoms with Gasteiger partial charge in [-0.2, -0.15) is 4.31 Å². The highest BCUT2D eigenvalue weighted by Crippen LogP contribution is 2.29. The van der Waals surface area contributed by atoms with Gasteiger partial charge in [-0.15, -0.1) is 0 Å². The summed E-state index contributed by atoms with van der Waals surface area (Å²) in [4.78, 5) is 12.8. The number of halogens is 1. The molecule has 0 aliphatic rings. The van der Waals surface area contributed by atoms with Crippen molar-refractivity contribution in [2.24, 2.45) is 0 Å². The number of nitrogens with one attached hydrogen (secondary N) is 1. The Bertz CT molecular complexity index is 1190. The number of methoxy groups -OCH3 is 1. The van der Waals surface area contributed by atoms with Crippen molar-refractivity contribution in [3.05, 3.63) is 88.4 Å². The lowest BCUT2D eigenvalue weighted by molar-refractivity contribution is -0.116. The van der Waals surface area contributed by atoms with Crippen LogP contribution in [0, 0.1) is 13.8 Å². The molecule has 0 unspecified atom stereocenters. The lowest BCUT2D eigenvalue weighted by Crippen LogP contribution is -2.37. The normalized spacial score (nSPS) is 11.4. The van der Waals surface area contributed by atoms with Gasteiger partial charge in [0, 0.05) is 12.2 Å². The van der Waals surface area contributed by atoms with Gasteiger partial charge in [0.15, 0.2) is 0 Å². The number of sulfonamides is 1. The summed E-state index contributed by atoms with van der Waals surface area (Å²) in [5.74, 6) is -0.0677. The zero-order valence-corrected chi connectivity index (χ0v) is 19.7. The monoisotopic (exact) mass is 472 g/mol. The minimum absolute atomic E-state index is 0.0153. The summed E-state index contributed by atoms with van der Waals surface area (Å²) >= 11 is 6.16. The topological polar surface area (TPSA) is 75.7 Å². The second-order valence-corrected chi connectivity index (χ2v) is 9.82. The molecule has 1 N–H and O–H groups in total. The van der Waals surface area contributed by atoms with Gasteiger partial charge >= 0.3 is 0 Å². The first-order valence-electron chi connectivity index (χ1n) is 9.95. The second-order valence-electron chi connectivity index (χ2n) is 7.48. The van der Waals surface area contributed by atoms with Crippen LogP contribution in [0.1, 0.15) is 16.7 Å². The van der Waals surface area contributed by atoms with E-state index in [1.807, 2.05) is 62.4 Å².